The van der Waals surface area contributed by atoms with Crippen LogP contribution in [0.3, 0.4) is 0 Å². The molecule has 2 saturated heterocycles. The summed E-state index contributed by atoms with van der Waals surface area (Å²) in [6.07, 6.45) is -6.99. The molecule has 0 spiro atoms. The summed E-state index contributed by atoms with van der Waals surface area (Å²) < 4.78 is 12.2. The normalized spacial score (nSPS) is 23.4. The predicted octanol–water partition coefficient (Wildman–Crippen LogP) is 2.52. The van der Waals surface area contributed by atoms with Gasteiger partial charge in [0.15, 0.2) is 6.10 Å². The van der Waals surface area contributed by atoms with Crippen LogP contribution >= 0.6 is 31.9 Å². The number of aromatic nitrogens is 1. The fourth-order valence-corrected chi connectivity index (χ4v) is 5.86. The summed E-state index contributed by atoms with van der Waals surface area (Å²) in [5.41, 5.74) is 1.32. The van der Waals surface area contributed by atoms with Gasteiger partial charge in [0.2, 0.25) is 6.29 Å². The van der Waals surface area contributed by atoms with E-state index in [-0.39, 0.29) is 22.8 Å². The van der Waals surface area contributed by atoms with Gasteiger partial charge < -0.3 is 50.3 Å². The number of halogens is 2. The van der Waals surface area contributed by atoms with Crippen molar-refractivity contribution in [1.82, 2.24) is 9.88 Å². The topological polar surface area (TPSA) is 194 Å². The molecule has 14 nitrogen and oxygen atoms in total. The van der Waals surface area contributed by atoms with Crippen molar-refractivity contribution in [2.45, 2.75) is 37.1 Å². The van der Waals surface area contributed by atoms with Gasteiger partial charge in [-0.15, -0.1) is 0 Å². The molecule has 2 aliphatic rings. The molecule has 2 amide bonds. The summed E-state index contributed by atoms with van der Waals surface area (Å²) in [5, 5.41) is 46.0. The van der Waals surface area contributed by atoms with E-state index < -0.39 is 48.5 Å². The highest BCUT2D eigenvalue weighted by Gasteiger charge is 2.48. The summed E-state index contributed by atoms with van der Waals surface area (Å²) in [7, 11) is 2.08. The van der Waals surface area contributed by atoms with Crippen molar-refractivity contribution in [3.8, 4) is 5.75 Å². The molecular formula is C31H33Br2N5O9. The summed E-state index contributed by atoms with van der Waals surface area (Å²) in [6, 6.07) is 13.1. The third-order valence-corrected chi connectivity index (χ3v) is 8.71. The van der Waals surface area contributed by atoms with Gasteiger partial charge in [-0.05, 0) is 84.5 Å². The number of ether oxygens (including phenoxy) is 2. The molecule has 5 rings (SSSR count). The Morgan fingerprint density at radius 3 is 2.32 bits per heavy atom. The quantitative estimate of drug-likeness (QED) is 0.196. The molecule has 16 heteroatoms. The number of nitrogens with zero attached hydrogens (tertiary/aromatic N) is 3. The number of carbonyl (C=O) groups excluding carboxylic acids is 2. The number of rotatable bonds is 8. The zero-order chi connectivity index (χ0) is 33.8. The number of pyridine rings is 1. The van der Waals surface area contributed by atoms with Crippen LogP contribution in [0.5, 0.6) is 5.75 Å². The molecule has 2 aliphatic heterocycles. The first-order valence-electron chi connectivity index (χ1n) is 14.6. The number of hydrogen-bond acceptors (Lipinski definition) is 11. The van der Waals surface area contributed by atoms with Crippen LogP contribution in [0.25, 0.3) is 0 Å². The Kier molecular flexibility index (Phi) is 11.1. The zero-order valence-electron chi connectivity index (χ0n) is 25.0. The number of amides is 2. The highest BCUT2D eigenvalue weighted by molar-refractivity contribution is 9.10. The van der Waals surface area contributed by atoms with Crippen molar-refractivity contribution < 1.29 is 44.3 Å². The van der Waals surface area contributed by atoms with Gasteiger partial charge in [-0.25, -0.2) is 9.78 Å². The second-order valence-electron chi connectivity index (χ2n) is 11.1. The number of carboxylic acids is 1. The number of anilines is 3. The average Bonchev–Trinajstić information content (AvgIpc) is 3.27. The molecular weight excluding hydrogens is 746 g/mol. The van der Waals surface area contributed by atoms with Crippen LogP contribution in [0.4, 0.5) is 17.1 Å². The second-order valence-corrected chi connectivity index (χ2v) is 13.0. The number of benzene rings is 2. The van der Waals surface area contributed by atoms with Crippen molar-refractivity contribution in [2.75, 3.05) is 48.8 Å². The molecule has 0 radical (unpaired) electrons. The Labute approximate surface area is 286 Å². The minimum absolute atomic E-state index is 0.0587. The summed E-state index contributed by atoms with van der Waals surface area (Å²) in [5.74, 6) is -2.94. The fourth-order valence-electron chi connectivity index (χ4n) is 5.19. The number of likely N-dealkylation sites (N-methyl/N-ethyl adjacent to an activating group) is 1. The number of nitrogens with one attached hydrogen (secondary N) is 2. The van der Waals surface area contributed by atoms with Crippen LogP contribution in [0.1, 0.15) is 27.3 Å². The smallest absolute Gasteiger partial charge is 0.335 e. The predicted molar refractivity (Wildman–Crippen MR) is 178 cm³/mol. The maximum absolute atomic E-state index is 13.6. The minimum atomic E-state index is -1.93. The average molecular weight is 779 g/mol. The Balaban J connectivity index is 1.46. The van der Waals surface area contributed by atoms with Crippen molar-refractivity contribution in [3.05, 3.63) is 74.9 Å². The van der Waals surface area contributed by atoms with Gasteiger partial charge in [0.25, 0.3) is 11.8 Å². The van der Waals surface area contributed by atoms with Crippen LogP contribution < -0.4 is 20.3 Å². The molecule has 3 aromatic rings. The number of aliphatic carboxylic acids is 1. The number of aliphatic hydroxyl groups is 3. The molecule has 0 aliphatic carbocycles. The molecule has 2 fully saturated rings. The Bertz CT molecular complexity index is 1610. The Hall–Kier alpha value is -3.64. The molecule has 0 unspecified atom stereocenters. The number of carbonyl (C=O) groups is 3. The fraction of sp³-hybridized carbons (Fsp3) is 0.355. The first-order chi connectivity index (χ1) is 22.4. The van der Waals surface area contributed by atoms with Crippen LogP contribution in [0.2, 0.25) is 0 Å². The standard InChI is InChI=1S/C31H33Br2N5O9/c1-37-9-2-10-38(12-11-37)19-6-3-16(4-7-19)28(42)36-23-21(35-29(43)20-8-5-17(32)15-34-20)13-18(33)14-22(23)46-31-26(41)24(39)25(40)27(47-31)30(44)45/h3-8,13-15,24-27,31,39-41H,2,9-12H2,1H3,(H,35,43)(H,36,42)(H,44,45)/t24-,25-,26+,27-,31+/m0/s1. The summed E-state index contributed by atoms with van der Waals surface area (Å²) >= 11 is 6.62. The summed E-state index contributed by atoms with van der Waals surface area (Å²) in [4.78, 5) is 47.1. The second kappa shape index (κ2) is 15.1. The van der Waals surface area contributed by atoms with Crippen molar-refractivity contribution in [2.24, 2.45) is 0 Å². The monoisotopic (exact) mass is 777 g/mol. The molecule has 47 heavy (non-hydrogen) atoms. The van der Waals surface area contributed by atoms with Gasteiger partial charge in [0, 0.05) is 46.0 Å². The van der Waals surface area contributed by atoms with Gasteiger partial charge in [0.1, 0.15) is 35.4 Å². The van der Waals surface area contributed by atoms with E-state index in [0.717, 1.165) is 38.3 Å². The van der Waals surface area contributed by atoms with Gasteiger partial charge >= 0.3 is 5.97 Å². The van der Waals surface area contributed by atoms with E-state index in [9.17, 15) is 34.8 Å². The van der Waals surface area contributed by atoms with E-state index in [2.05, 4.69) is 64.3 Å². The number of carboxylic acid groups (broad SMARTS) is 1. The molecule has 0 saturated carbocycles. The molecule has 5 atom stereocenters. The van der Waals surface area contributed by atoms with E-state index >= 15 is 0 Å². The highest BCUT2D eigenvalue weighted by atomic mass is 79.9. The lowest BCUT2D eigenvalue weighted by molar-refractivity contribution is -0.271. The largest absolute Gasteiger partial charge is 0.479 e. The van der Waals surface area contributed by atoms with Crippen LogP contribution in [-0.2, 0) is 9.53 Å². The maximum Gasteiger partial charge on any atom is 0.335 e. The van der Waals surface area contributed by atoms with Crippen LogP contribution in [0.15, 0.2) is 63.7 Å². The van der Waals surface area contributed by atoms with E-state index in [1.165, 1.54) is 24.4 Å². The molecule has 6 N–H and O–H groups in total. The van der Waals surface area contributed by atoms with Crippen molar-refractivity contribution >= 4 is 66.7 Å². The van der Waals surface area contributed by atoms with E-state index in [1.54, 1.807) is 18.2 Å². The summed E-state index contributed by atoms with van der Waals surface area (Å²) in [6.45, 7) is 3.66. The van der Waals surface area contributed by atoms with Crippen LogP contribution in [0, 0.1) is 0 Å². The van der Waals surface area contributed by atoms with Crippen LogP contribution in [-0.4, -0.2) is 112 Å². The molecule has 3 heterocycles. The number of aliphatic hydroxyl groups excluding tert-OH is 3. The first-order valence-corrected chi connectivity index (χ1v) is 16.2. The van der Waals surface area contributed by atoms with E-state index in [0.29, 0.717) is 14.5 Å². The zero-order valence-corrected chi connectivity index (χ0v) is 28.2. The number of hydrogen-bond donors (Lipinski definition) is 6. The highest BCUT2D eigenvalue weighted by Crippen LogP contribution is 2.39. The first kappa shape index (κ1) is 34.7. The van der Waals surface area contributed by atoms with Crippen molar-refractivity contribution in [1.29, 1.82) is 0 Å². The third-order valence-electron chi connectivity index (χ3n) is 7.78. The van der Waals surface area contributed by atoms with Gasteiger partial charge in [0.05, 0.1) is 5.69 Å². The molecule has 250 valence electrons. The van der Waals surface area contributed by atoms with E-state index in [1.807, 2.05) is 12.1 Å². The molecule has 0 bridgehead atoms. The van der Waals surface area contributed by atoms with Gasteiger partial charge in [-0.1, -0.05) is 15.9 Å². The minimum Gasteiger partial charge on any atom is -0.479 e. The van der Waals surface area contributed by atoms with Gasteiger partial charge in [-0.3, -0.25) is 9.59 Å². The lowest BCUT2D eigenvalue weighted by atomic mass is 9.99. The SMILES string of the molecule is CN1CCCN(c2ccc(C(=O)Nc3c(NC(=O)c4ccc(Br)cn4)cc(Br)cc3O[C@@H]3O[C@H](C(=O)O)[C@@H](O)[C@H](O)[C@H]3O)cc2)CC1. The third kappa shape index (κ3) is 8.27. The Morgan fingerprint density at radius 1 is 0.894 bits per heavy atom. The van der Waals surface area contributed by atoms with E-state index in [4.69, 9.17) is 9.47 Å². The molecule has 1 aromatic heterocycles. The molecule has 2 aromatic carbocycles. The van der Waals surface area contributed by atoms with Gasteiger partial charge in [-0.2, -0.15) is 0 Å². The Morgan fingerprint density at radius 2 is 1.64 bits per heavy atom. The van der Waals surface area contributed by atoms with Crippen molar-refractivity contribution in [3.63, 3.8) is 0 Å². The lowest BCUT2D eigenvalue weighted by Crippen LogP contribution is -2.61. The lowest BCUT2D eigenvalue weighted by Gasteiger charge is -2.38. The maximum atomic E-state index is 13.6.